The minimum atomic E-state index is 0. The van der Waals surface area contributed by atoms with Crippen LogP contribution in [0.15, 0.2) is 36.4 Å². The van der Waals surface area contributed by atoms with Gasteiger partial charge in [-0.3, -0.25) is 4.90 Å². The molecule has 0 atom stereocenters. The fourth-order valence-electron chi connectivity index (χ4n) is 3.82. The van der Waals surface area contributed by atoms with Crippen molar-refractivity contribution in [3.05, 3.63) is 58.7 Å². The van der Waals surface area contributed by atoms with Crippen molar-refractivity contribution in [2.45, 2.75) is 25.8 Å². The van der Waals surface area contributed by atoms with Crippen LogP contribution in [0.3, 0.4) is 0 Å². The Morgan fingerprint density at radius 1 is 1.00 bits per heavy atom. The molecule has 4 rings (SSSR count). The highest BCUT2D eigenvalue weighted by Crippen LogP contribution is 2.28. The Morgan fingerprint density at radius 2 is 1.83 bits per heavy atom. The molecular weight excluding hydrogens is 320 g/mol. The molecular formula is C20H25ClN2O. The van der Waals surface area contributed by atoms with Gasteiger partial charge in [0.2, 0.25) is 0 Å². The van der Waals surface area contributed by atoms with Crippen molar-refractivity contribution >= 4 is 18.1 Å². The van der Waals surface area contributed by atoms with Crippen LogP contribution in [0.1, 0.15) is 22.3 Å². The Labute approximate surface area is 150 Å². The summed E-state index contributed by atoms with van der Waals surface area (Å²) in [5.41, 5.74) is 7.23. The third-order valence-electron chi connectivity index (χ3n) is 5.14. The molecule has 1 N–H and O–H groups in total. The summed E-state index contributed by atoms with van der Waals surface area (Å²) < 4.78 is 5.37. The second-order valence-corrected chi connectivity index (χ2v) is 6.54. The van der Waals surface area contributed by atoms with E-state index in [0.29, 0.717) is 0 Å². The first-order valence-corrected chi connectivity index (χ1v) is 8.56. The van der Waals surface area contributed by atoms with Gasteiger partial charge in [0.05, 0.1) is 7.11 Å². The minimum Gasteiger partial charge on any atom is -0.497 e. The van der Waals surface area contributed by atoms with Gasteiger partial charge < -0.3 is 10.1 Å². The van der Waals surface area contributed by atoms with Crippen LogP contribution < -0.4 is 10.1 Å². The van der Waals surface area contributed by atoms with Gasteiger partial charge >= 0.3 is 0 Å². The fraction of sp³-hybridized carbons (Fsp3) is 0.400. The number of hydrogen-bond donors (Lipinski definition) is 1. The third kappa shape index (κ3) is 3.38. The van der Waals surface area contributed by atoms with Crippen molar-refractivity contribution in [1.82, 2.24) is 4.90 Å². The summed E-state index contributed by atoms with van der Waals surface area (Å²) in [6, 6.07) is 13.3. The number of benzene rings is 2. The number of anilines is 1. The first-order valence-electron chi connectivity index (χ1n) is 8.56. The summed E-state index contributed by atoms with van der Waals surface area (Å²) in [7, 11) is 1.74. The predicted molar refractivity (Wildman–Crippen MR) is 102 cm³/mol. The first-order chi connectivity index (χ1) is 11.3. The molecule has 0 spiro atoms. The van der Waals surface area contributed by atoms with E-state index < -0.39 is 0 Å². The van der Waals surface area contributed by atoms with Crippen molar-refractivity contribution in [2.24, 2.45) is 0 Å². The molecule has 0 unspecified atom stereocenters. The quantitative estimate of drug-likeness (QED) is 0.919. The molecule has 0 fully saturated rings. The Hall–Kier alpha value is -1.71. The van der Waals surface area contributed by atoms with Gasteiger partial charge in [0.25, 0.3) is 0 Å². The normalized spacial score (nSPS) is 16.4. The molecule has 0 amide bonds. The van der Waals surface area contributed by atoms with Crippen LogP contribution in [-0.2, 0) is 25.8 Å². The number of nitrogens with one attached hydrogen (secondary N) is 1. The Kier molecular flexibility index (Phi) is 5.32. The van der Waals surface area contributed by atoms with Crippen LogP contribution in [-0.4, -0.2) is 31.6 Å². The lowest BCUT2D eigenvalue weighted by molar-refractivity contribution is 0.279. The van der Waals surface area contributed by atoms with Crippen molar-refractivity contribution in [2.75, 3.05) is 32.1 Å². The number of rotatable bonds is 3. The second-order valence-electron chi connectivity index (χ2n) is 6.54. The highest BCUT2D eigenvalue weighted by Gasteiger charge is 2.18. The van der Waals surface area contributed by atoms with Gasteiger partial charge in [0.15, 0.2) is 0 Å². The predicted octanol–water partition coefficient (Wildman–Crippen LogP) is 3.69. The lowest BCUT2D eigenvalue weighted by Gasteiger charge is -2.21. The Morgan fingerprint density at radius 3 is 2.67 bits per heavy atom. The van der Waals surface area contributed by atoms with Gasteiger partial charge in [0, 0.05) is 31.9 Å². The number of nitrogens with zero attached hydrogens (tertiary/aromatic N) is 1. The number of halogens is 1. The average Bonchev–Trinajstić information content (AvgIpc) is 2.98. The lowest BCUT2D eigenvalue weighted by Crippen LogP contribution is -2.26. The molecule has 2 aliphatic heterocycles. The van der Waals surface area contributed by atoms with Gasteiger partial charge in [-0.05, 0) is 53.6 Å². The van der Waals surface area contributed by atoms with Gasteiger partial charge in [-0.1, -0.05) is 24.3 Å². The molecule has 0 aliphatic carbocycles. The Balaban J connectivity index is 0.00000169. The molecule has 4 heteroatoms. The molecule has 128 valence electrons. The second kappa shape index (κ2) is 7.45. The lowest BCUT2D eigenvalue weighted by atomic mass is 10.0. The van der Waals surface area contributed by atoms with Gasteiger partial charge in [0.1, 0.15) is 5.75 Å². The zero-order valence-electron chi connectivity index (χ0n) is 14.2. The first kappa shape index (κ1) is 17.1. The smallest absolute Gasteiger partial charge is 0.119 e. The van der Waals surface area contributed by atoms with Crippen molar-refractivity contribution < 1.29 is 4.74 Å². The molecule has 0 saturated carbocycles. The summed E-state index contributed by atoms with van der Waals surface area (Å²) in [6.45, 7) is 4.37. The molecule has 0 aromatic heterocycles. The third-order valence-corrected chi connectivity index (χ3v) is 5.14. The largest absolute Gasteiger partial charge is 0.497 e. The summed E-state index contributed by atoms with van der Waals surface area (Å²) in [5.74, 6) is 0.974. The van der Waals surface area contributed by atoms with E-state index in [1.54, 1.807) is 7.11 Å². The monoisotopic (exact) mass is 344 g/mol. The number of para-hydroxylation sites is 1. The van der Waals surface area contributed by atoms with E-state index in [4.69, 9.17) is 4.74 Å². The van der Waals surface area contributed by atoms with Gasteiger partial charge in [-0.25, -0.2) is 0 Å². The summed E-state index contributed by atoms with van der Waals surface area (Å²) in [6.07, 6.45) is 3.39. The summed E-state index contributed by atoms with van der Waals surface area (Å²) in [5, 5.41) is 3.56. The van der Waals surface area contributed by atoms with E-state index >= 15 is 0 Å². The van der Waals surface area contributed by atoms with Gasteiger partial charge in [-0.2, -0.15) is 0 Å². The minimum absolute atomic E-state index is 0. The zero-order chi connectivity index (χ0) is 15.6. The molecule has 24 heavy (non-hydrogen) atoms. The summed E-state index contributed by atoms with van der Waals surface area (Å²) >= 11 is 0. The van der Waals surface area contributed by atoms with E-state index in [2.05, 4.69) is 46.6 Å². The van der Waals surface area contributed by atoms with Crippen molar-refractivity contribution in [3.63, 3.8) is 0 Å². The maximum atomic E-state index is 5.37. The highest BCUT2D eigenvalue weighted by molar-refractivity contribution is 5.85. The molecule has 0 bridgehead atoms. The van der Waals surface area contributed by atoms with Crippen LogP contribution >= 0.6 is 12.4 Å². The fourth-order valence-corrected chi connectivity index (χ4v) is 3.82. The van der Waals surface area contributed by atoms with E-state index in [1.165, 1.54) is 27.9 Å². The van der Waals surface area contributed by atoms with Crippen molar-refractivity contribution in [3.8, 4) is 5.75 Å². The van der Waals surface area contributed by atoms with Gasteiger partial charge in [-0.15, -0.1) is 12.4 Å². The SMILES string of the molecule is COc1ccc2c(c1)CCN(Cc1cccc3c1NCC3)CC2.Cl. The molecule has 2 aromatic carbocycles. The van der Waals surface area contributed by atoms with Crippen molar-refractivity contribution in [1.29, 1.82) is 0 Å². The number of ether oxygens (including phenoxy) is 1. The standard InChI is InChI=1S/C20H24N2O.ClH/c1-23-19-6-5-15-8-11-22(12-9-17(15)13-19)14-18-4-2-3-16-7-10-21-20(16)18;/h2-6,13,21H,7-12,14H2,1H3;1H. The van der Waals surface area contributed by atoms with Crippen LogP contribution in [0.5, 0.6) is 5.75 Å². The van der Waals surface area contributed by atoms with Crippen LogP contribution in [0.2, 0.25) is 0 Å². The molecule has 2 aliphatic rings. The maximum Gasteiger partial charge on any atom is 0.119 e. The van der Waals surface area contributed by atoms with E-state index in [0.717, 1.165) is 51.2 Å². The highest BCUT2D eigenvalue weighted by atomic mass is 35.5. The molecule has 3 nitrogen and oxygen atoms in total. The average molecular weight is 345 g/mol. The zero-order valence-corrected chi connectivity index (χ0v) is 15.0. The maximum absolute atomic E-state index is 5.37. The number of methoxy groups -OCH3 is 1. The summed E-state index contributed by atoms with van der Waals surface area (Å²) in [4.78, 5) is 2.59. The number of fused-ring (bicyclic) bond motifs is 2. The molecule has 2 aromatic rings. The molecule has 0 saturated heterocycles. The van der Waals surface area contributed by atoms with E-state index in [9.17, 15) is 0 Å². The van der Waals surface area contributed by atoms with E-state index in [1.807, 2.05) is 0 Å². The Bertz CT molecular complexity index is 717. The molecule has 2 heterocycles. The van der Waals surface area contributed by atoms with Crippen LogP contribution in [0.25, 0.3) is 0 Å². The topological polar surface area (TPSA) is 24.5 Å². The number of hydrogen-bond acceptors (Lipinski definition) is 3. The van der Waals surface area contributed by atoms with Crippen LogP contribution in [0.4, 0.5) is 5.69 Å². The van der Waals surface area contributed by atoms with Crippen LogP contribution in [0, 0.1) is 0 Å². The molecule has 0 radical (unpaired) electrons. The van der Waals surface area contributed by atoms with E-state index in [-0.39, 0.29) is 12.4 Å².